The van der Waals surface area contributed by atoms with Gasteiger partial charge in [0.1, 0.15) is 0 Å². The van der Waals surface area contributed by atoms with Crippen molar-refractivity contribution in [2.24, 2.45) is 0 Å². The highest BCUT2D eigenvalue weighted by molar-refractivity contribution is 7.91. The molecule has 3 rings (SSSR count). The minimum absolute atomic E-state index is 0.00587. The zero-order valence-electron chi connectivity index (χ0n) is 14.9. The van der Waals surface area contributed by atoms with Crippen LogP contribution >= 0.6 is 11.3 Å². The van der Waals surface area contributed by atoms with E-state index in [4.69, 9.17) is 4.74 Å². The van der Waals surface area contributed by atoms with Gasteiger partial charge in [-0.1, -0.05) is 6.07 Å². The average Bonchev–Trinajstić information content (AvgIpc) is 3.23. The molecule has 1 amide bonds. The van der Waals surface area contributed by atoms with Gasteiger partial charge in [0.2, 0.25) is 9.84 Å². The lowest BCUT2D eigenvalue weighted by Gasteiger charge is -2.34. The number of thiophene rings is 1. The van der Waals surface area contributed by atoms with Crippen LogP contribution in [-0.4, -0.2) is 57.8 Å². The Labute approximate surface area is 166 Å². The summed E-state index contributed by atoms with van der Waals surface area (Å²) in [6.45, 7) is 3.17. The van der Waals surface area contributed by atoms with Crippen molar-refractivity contribution in [2.75, 3.05) is 32.8 Å². The predicted molar refractivity (Wildman–Crippen MR) is 101 cm³/mol. The van der Waals surface area contributed by atoms with Crippen LogP contribution in [0.3, 0.4) is 0 Å². The molecule has 1 saturated heterocycles. The number of rotatable bonds is 7. The first-order valence-corrected chi connectivity index (χ1v) is 11.1. The number of hydrogen-bond acceptors (Lipinski definition) is 6. The van der Waals surface area contributed by atoms with E-state index in [-0.39, 0.29) is 11.6 Å². The monoisotopic (exact) mass is 430 g/mol. The maximum Gasteiger partial charge on any atom is 0.341 e. The third kappa shape index (κ3) is 4.75. The second-order valence-electron chi connectivity index (χ2n) is 6.22. The van der Waals surface area contributed by atoms with E-state index in [0.717, 1.165) is 30.1 Å². The fourth-order valence-electron chi connectivity index (χ4n) is 2.97. The third-order valence-electron chi connectivity index (χ3n) is 4.49. The van der Waals surface area contributed by atoms with Crippen molar-refractivity contribution in [1.29, 1.82) is 0 Å². The van der Waals surface area contributed by atoms with E-state index in [1.54, 1.807) is 11.3 Å². The van der Waals surface area contributed by atoms with E-state index in [1.165, 1.54) is 12.1 Å². The number of morpholine rings is 1. The summed E-state index contributed by atoms with van der Waals surface area (Å²) in [6.07, 6.45) is 0. The molecule has 1 aliphatic rings. The van der Waals surface area contributed by atoms with Gasteiger partial charge in [0.25, 0.3) is 5.91 Å². The van der Waals surface area contributed by atoms with Crippen molar-refractivity contribution >= 4 is 27.1 Å². The topological polar surface area (TPSA) is 75.7 Å². The van der Waals surface area contributed by atoms with Crippen LogP contribution in [0, 0.1) is 0 Å². The first-order valence-electron chi connectivity index (χ1n) is 8.65. The number of carbonyl (C=O) groups excluding carboxylic acids is 1. The Morgan fingerprint density at radius 3 is 2.43 bits per heavy atom. The molecule has 0 radical (unpaired) electrons. The first kappa shape index (κ1) is 20.8. The Bertz CT molecular complexity index is 881. The number of nitrogens with zero attached hydrogens (tertiary/aromatic N) is 1. The smallest absolute Gasteiger partial charge is 0.341 e. The second-order valence-corrected chi connectivity index (χ2v) is 9.12. The van der Waals surface area contributed by atoms with Crippen LogP contribution in [0.4, 0.5) is 8.78 Å². The van der Waals surface area contributed by atoms with Crippen LogP contribution < -0.4 is 5.32 Å². The van der Waals surface area contributed by atoms with Crippen molar-refractivity contribution in [3.8, 4) is 0 Å². The summed E-state index contributed by atoms with van der Waals surface area (Å²) in [5.74, 6) is -3.89. The summed E-state index contributed by atoms with van der Waals surface area (Å²) in [5, 5.41) is 4.83. The van der Waals surface area contributed by atoms with Crippen molar-refractivity contribution in [3.63, 3.8) is 0 Å². The second kappa shape index (κ2) is 9.08. The number of alkyl halides is 2. The lowest BCUT2D eigenvalue weighted by atomic mass is 10.1. The zero-order chi connectivity index (χ0) is 20.1. The number of carbonyl (C=O) groups is 1. The molecule has 6 nitrogen and oxygen atoms in total. The van der Waals surface area contributed by atoms with E-state index >= 15 is 0 Å². The molecule has 2 aromatic rings. The summed E-state index contributed by atoms with van der Waals surface area (Å²) in [4.78, 5) is 15.3. The maximum absolute atomic E-state index is 12.6. The summed E-state index contributed by atoms with van der Waals surface area (Å²) in [6, 6.07) is 8.49. The number of halogens is 2. The molecule has 0 aliphatic carbocycles. The average molecular weight is 430 g/mol. The fourth-order valence-corrected chi connectivity index (χ4v) is 4.55. The van der Waals surface area contributed by atoms with Gasteiger partial charge in [0.15, 0.2) is 0 Å². The molecule has 1 atom stereocenters. The Morgan fingerprint density at radius 1 is 1.18 bits per heavy atom. The molecule has 1 aliphatic heterocycles. The maximum atomic E-state index is 12.6. The summed E-state index contributed by atoms with van der Waals surface area (Å²) in [7, 11) is -4.67. The molecule has 1 aromatic carbocycles. The van der Waals surface area contributed by atoms with Crippen LogP contribution in [0.5, 0.6) is 0 Å². The molecule has 1 N–H and O–H groups in total. The number of amides is 1. The minimum atomic E-state index is -4.67. The molecule has 10 heteroatoms. The number of benzene rings is 1. The van der Waals surface area contributed by atoms with Gasteiger partial charge < -0.3 is 10.1 Å². The number of hydrogen-bond donors (Lipinski definition) is 1. The molecular weight excluding hydrogens is 410 g/mol. The molecule has 1 aromatic heterocycles. The van der Waals surface area contributed by atoms with Gasteiger partial charge in [0.05, 0.1) is 24.2 Å². The highest BCUT2D eigenvalue weighted by Crippen LogP contribution is 2.25. The van der Waals surface area contributed by atoms with E-state index in [9.17, 15) is 22.0 Å². The summed E-state index contributed by atoms with van der Waals surface area (Å²) < 4.78 is 53.5. The largest absolute Gasteiger partial charge is 0.379 e. The molecular formula is C18H20F2N2O4S2. The fraction of sp³-hybridized carbons (Fsp3) is 0.389. The predicted octanol–water partition coefficient (Wildman–Crippen LogP) is 2.55. The van der Waals surface area contributed by atoms with Gasteiger partial charge in [-0.3, -0.25) is 9.69 Å². The summed E-state index contributed by atoms with van der Waals surface area (Å²) in [5.41, 5.74) is 0.208. The van der Waals surface area contributed by atoms with E-state index in [0.29, 0.717) is 19.8 Å². The number of ether oxygens (including phenoxy) is 1. The van der Waals surface area contributed by atoms with Crippen LogP contribution in [-0.2, 0) is 14.6 Å². The Balaban J connectivity index is 1.67. The van der Waals surface area contributed by atoms with Crippen molar-refractivity contribution in [2.45, 2.75) is 16.7 Å². The van der Waals surface area contributed by atoms with Crippen LogP contribution in [0.25, 0.3) is 0 Å². The standard InChI is InChI=1S/C18H20F2N2O4S2/c19-18(20)28(24,25)14-5-3-13(4-6-14)17(23)21-12-15(16-2-1-11-27-16)22-7-9-26-10-8-22/h1-6,11,15,18H,7-10,12H2,(H,21,23)/t15-/m0/s1. The van der Waals surface area contributed by atoms with Gasteiger partial charge in [-0.05, 0) is 35.7 Å². The lowest BCUT2D eigenvalue weighted by molar-refractivity contribution is 0.0169. The zero-order valence-corrected chi connectivity index (χ0v) is 16.5. The van der Waals surface area contributed by atoms with Crippen LogP contribution in [0.15, 0.2) is 46.7 Å². The van der Waals surface area contributed by atoms with Gasteiger partial charge in [-0.15, -0.1) is 11.3 Å². The molecule has 0 spiro atoms. The van der Waals surface area contributed by atoms with Crippen molar-refractivity contribution < 1.29 is 26.7 Å². The van der Waals surface area contributed by atoms with Gasteiger partial charge in [-0.2, -0.15) is 8.78 Å². The molecule has 1 fully saturated rings. The van der Waals surface area contributed by atoms with Crippen molar-refractivity contribution in [1.82, 2.24) is 10.2 Å². The SMILES string of the molecule is O=C(NC[C@@H](c1cccs1)N1CCOCC1)c1ccc(S(=O)(=O)C(F)F)cc1. The first-order chi connectivity index (χ1) is 13.4. The Kier molecular flexibility index (Phi) is 6.76. The van der Waals surface area contributed by atoms with Gasteiger partial charge in [0, 0.05) is 30.1 Å². The van der Waals surface area contributed by atoms with E-state index in [1.807, 2.05) is 17.5 Å². The quantitative estimate of drug-likeness (QED) is 0.731. The molecule has 0 saturated carbocycles. The third-order valence-corrected chi connectivity index (χ3v) is 6.87. The highest BCUT2D eigenvalue weighted by Gasteiger charge is 2.27. The van der Waals surface area contributed by atoms with Crippen molar-refractivity contribution in [3.05, 3.63) is 52.2 Å². The number of sulfone groups is 1. The molecule has 0 bridgehead atoms. The minimum Gasteiger partial charge on any atom is -0.379 e. The highest BCUT2D eigenvalue weighted by atomic mass is 32.2. The van der Waals surface area contributed by atoms with Crippen LogP contribution in [0.1, 0.15) is 21.3 Å². The molecule has 0 unspecified atom stereocenters. The Morgan fingerprint density at radius 2 is 1.86 bits per heavy atom. The molecule has 2 heterocycles. The Hall–Kier alpha value is -1.88. The lowest BCUT2D eigenvalue weighted by Crippen LogP contribution is -2.43. The summed E-state index contributed by atoms with van der Waals surface area (Å²) >= 11 is 1.61. The van der Waals surface area contributed by atoms with E-state index < -0.39 is 26.4 Å². The van der Waals surface area contributed by atoms with E-state index in [2.05, 4.69) is 10.2 Å². The normalized spacial score (nSPS) is 16.8. The number of nitrogens with one attached hydrogen (secondary N) is 1. The molecule has 28 heavy (non-hydrogen) atoms. The van der Waals surface area contributed by atoms with Gasteiger partial charge >= 0.3 is 5.76 Å². The van der Waals surface area contributed by atoms with Crippen LogP contribution in [0.2, 0.25) is 0 Å². The molecule has 152 valence electrons. The van der Waals surface area contributed by atoms with Gasteiger partial charge in [-0.25, -0.2) is 8.42 Å².